The van der Waals surface area contributed by atoms with Crippen LogP contribution in [-0.2, 0) is 11.2 Å². The highest BCUT2D eigenvalue weighted by molar-refractivity contribution is 5.95. The Balaban J connectivity index is 1.51. The summed E-state index contributed by atoms with van der Waals surface area (Å²) in [6, 6.07) is 13.4. The Labute approximate surface area is 143 Å². The van der Waals surface area contributed by atoms with Gasteiger partial charge in [-0.15, -0.1) is 5.10 Å². The van der Waals surface area contributed by atoms with Gasteiger partial charge in [-0.1, -0.05) is 24.3 Å². The van der Waals surface area contributed by atoms with Crippen molar-refractivity contribution in [2.24, 2.45) is 0 Å². The molecule has 0 radical (unpaired) electrons. The Morgan fingerprint density at radius 2 is 2.00 bits per heavy atom. The van der Waals surface area contributed by atoms with E-state index in [-0.39, 0.29) is 18.3 Å². The molecule has 1 aromatic carbocycles. The Morgan fingerprint density at radius 3 is 2.84 bits per heavy atom. The van der Waals surface area contributed by atoms with E-state index >= 15 is 0 Å². The lowest BCUT2D eigenvalue weighted by atomic mass is 10.1. The zero-order chi connectivity index (χ0) is 17.2. The molecule has 0 aliphatic heterocycles. The molecule has 0 bridgehead atoms. The van der Waals surface area contributed by atoms with Crippen LogP contribution in [0.15, 0.2) is 48.7 Å². The smallest absolute Gasteiger partial charge is 0.249 e. The minimum atomic E-state index is -0.167. The second kappa shape index (κ2) is 6.20. The molecule has 3 aromatic heterocycles. The van der Waals surface area contributed by atoms with Crippen molar-refractivity contribution in [1.29, 1.82) is 0 Å². The normalized spacial score (nSPS) is 10.9. The Morgan fingerprint density at radius 1 is 1.16 bits per heavy atom. The summed E-state index contributed by atoms with van der Waals surface area (Å²) in [6.45, 7) is 1.97. The lowest BCUT2D eigenvalue weighted by molar-refractivity contribution is -0.115. The second-order valence-electron chi connectivity index (χ2n) is 5.72. The van der Waals surface area contributed by atoms with Gasteiger partial charge in [-0.2, -0.15) is 4.98 Å². The van der Waals surface area contributed by atoms with E-state index in [0.29, 0.717) is 11.5 Å². The number of aromatic nitrogens is 5. The molecule has 3 N–H and O–H groups in total. The second-order valence-corrected chi connectivity index (χ2v) is 5.72. The molecule has 124 valence electrons. The van der Waals surface area contributed by atoms with Gasteiger partial charge < -0.3 is 4.98 Å². The van der Waals surface area contributed by atoms with Crippen LogP contribution in [-0.4, -0.2) is 31.1 Å². The highest BCUT2D eigenvalue weighted by atomic mass is 16.1. The average Bonchev–Trinajstić information content (AvgIpc) is 3.21. The molecule has 0 atom stereocenters. The Bertz CT molecular complexity index is 1030. The summed E-state index contributed by atoms with van der Waals surface area (Å²) in [4.78, 5) is 24.1. The molecule has 4 rings (SSSR count). The first-order valence-electron chi connectivity index (χ1n) is 7.90. The van der Waals surface area contributed by atoms with Crippen molar-refractivity contribution in [3.05, 3.63) is 59.9 Å². The molecule has 0 spiro atoms. The minimum Gasteiger partial charge on any atom is -0.358 e. The molecule has 25 heavy (non-hydrogen) atoms. The number of fused-ring (bicyclic) bond motifs is 1. The van der Waals surface area contributed by atoms with Crippen LogP contribution in [0.25, 0.3) is 22.4 Å². The molecule has 0 aliphatic carbocycles. The predicted molar refractivity (Wildman–Crippen MR) is 95.0 cm³/mol. The number of hydrogen-bond acceptors (Lipinski definition) is 4. The summed E-state index contributed by atoms with van der Waals surface area (Å²) in [5, 5.41) is 10.6. The van der Waals surface area contributed by atoms with Gasteiger partial charge in [0.1, 0.15) is 5.69 Å². The fourth-order valence-corrected chi connectivity index (χ4v) is 2.83. The third-order valence-electron chi connectivity index (χ3n) is 4.01. The minimum absolute atomic E-state index is 0.167. The number of nitrogens with zero attached hydrogens (tertiary/aromatic N) is 3. The maximum Gasteiger partial charge on any atom is 0.249 e. The molecule has 0 aliphatic rings. The van der Waals surface area contributed by atoms with Crippen LogP contribution in [0, 0.1) is 6.92 Å². The van der Waals surface area contributed by atoms with Crippen molar-refractivity contribution in [2.75, 3.05) is 5.32 Å². The molecular formula is C18H16N6O. The van der Waals surface area contributed by atoms with Gasteiger partial charge >= 0.3 is 0 Å². The first kappa shape index (κ1) is 15.1. The molecule has 0 unspecified atom stereocenters. The van der Waals surface area contributed by atoms with Gasteiger partial charge in [-0.3, -0.25) is 20.2 Å². The number of H-pyrrole nitrogens is 2. The molecule has 0 saturated heterocycles. The van der Waals surface area contributed by atoms with E-state index in [0.717, 1.165) is 22.2 Å². The monoisotopic (exact) mass is 332 g/mol. The molecule has 3 heterocycles. The quantitative estimate of drug-likeness (QED) is 0.535. The first-order valence-corrected chi connectivity index (χ1v) is 7.90. The van der Waals surface area contributed by atoms with Crippen LogP contribution in [0.4, 0.5) is 5.95 Å². The molecule has 4 aromatic rings. The maximum absolute atomic E-state index is 12.4. The van der Waals surface area contributed by atoms with Gasteiger partial charge in [0.2, 0.25) is 11.9 Å². The summed E-state index contributed by atoms with van der Waals surface area (Å²) in [5.74, 6) is 0.585. The van der Waals surface area contributed by atoms with E-state index in [1.54, 1.807) is 6.20 Å². The van der Waals surface area contributed by atoms with E-state index < -0.39 is 0 Å². The third-order valence-corrected chi connectivity index (χ3v) is 4.01. The number of nitrogens with one attached hydrogen (secondary N) is 3. The predicted octanol–water partition coefficient (Wildman–Crippen LogP) is 2.84. The van der Waals surface area contributed by atoms with Gasteiger partial charge in [0.25, 0.3) is 0 Å². The van der Waals surface area contributed by atoms with E-state index in [9.17, 15) is 4.79 Å². The maximum atomic E-state index is 12.4. The van der Waals surface area contributed by atoms with Crippen LogP contribution in [0.1, 0.15) is 11.3 Å². The number of amides is 1. The van der Waals surface area contributed by atoms with Crippen LogP contribution in [0.2, 0.25) is 0 Å². The van der Waals surface area contributed by atoms with E-state index in [1.807, 2.05) is 49.4 Å². The topological polar surface area (TPSA) is 99.3 Å². The summed E-state index contributed by atoms with van der Waals surface area (Å²) in [5.41, 5.74) is 3.66. The number of benzene rings is 1. The van der Waals surface area contributed by atoms with Crippen molar-refractivity contribution < 1.29 is 4.79 Å². The van der Waals surface area contributed by atoms with Gasteiger partial charge in [-0.25, -0.2) is 0 Å². The number of carbonyl (C=O) groups excluding carboxylic acids is 1. The fourth-order valence-electron chi connectivity index (χ4n) is 2.83. The van der Waals surface area contributed by atoms with Crippen molar-refractivity contribution in [1.82, 2.24) is 25.1 Å². The summed E-state index contributed by atoms with van der Waals surface area (Å²) in [7, 11) is 0. The zero-order valence-corrected chi connectivity index (χ0v) is 13.6. The van der Waals surface area contributed by atoms with E-state index in [4.69, 9.17) is 0 Å². The molecular weight excluding hydrogens is 316 g/mol. The molecule has 7 heteroatoms. The standard InChI is InChI=1S/C18H16N6O/c1-11-13(12-6-2-3-7-14(12)20-11)10-16(25)21-18-22-17(23-24-18)15-8-4-5-9-19-15/h2-9,20H,10H2,1H3,(H2,21,22,23,24,25). The summed E-state index contributed by atoms with van der Waals surface area (Å²) >= 11 is 0. The van der Waals surface area contributed by atoms with Gasteiger partial charge in [0.05, 0.1) is 6.42 Å². The SMILES string of the molecule is Cc1[nH]c2ccccc2c1CC(=O)Nc1n[nH]c(-c2ccccn2)n1. The number of pyridine rings is 1. The number of aryl methyl sites for hydroxylation is 1. The number of anilines is 1. The van der Waals surface area contributed by atoms with Crippen molar-refractivity contribution in [3.63, 3.8) is 0 Å². The van der Waals surface area contributed by atoms with Gasteiger partial charge in [0, 0.05) is 22.8 Å². The summed E-state index contributed by atoms with van der Waals surface area (Å²) < 4.78 is 0. The van der Waals surface area contributed by atoms with Gasteiger partial charge in [-0.05, 0) is 30.7 Å². The number of rotatable bonds is 4. The molecule has 1 amide bonds. The highest BCUT2D eigenvalue weighted by Gasteiger charge is 2.14. The number of para-hydroxylation sites is 1. The Hall–Kier alpha value is -3.48. The van der Waals surface area contributed by atoms with Gasteiger partial charge in [0.15, 0.2) is 5.82 Å². The highest BCUT2D eigenvalue weighted by Crippen LogP contribution is 2.22. The van der Waals surface area contributed by atoms with Crippen molar-refractivity contribution >= 4 is 22.8 Å². The van der Waals surface area contributed by atoms with Crippen LogP contribution < -0.4 is 5.32 Å². The van der Waals surface area contributed by atoms with Crippen LogP contribution in [0.3, 0.4) is 0 Å². The van der Waals surface area contributed by atoms with Crippen LogP contribution >= 0.6 is 0 Å². The third kappa shape index (κ3) is 2.99. The van der Waals surface area contributed by atoms with E-state index in [1.165, 1.54) is 0 Å². The fraction of sp³-hybridized carbons (Fsp3) is 0.111. The van der Waals surface area contributed by atoms with Crippen LogP contribution in [0.5, 0.6) is 0 Å². The summed E-state index contributed by atoms with van der Waals surface area (Å²) in [6.07, 6.45) is 1.93. The van der Waals surface area contributed by atoms with Crippen molar-refractivity contribution in [3.8, 4) is 11.5 Å². The lowest BCUT2D eigenvalue weighted by Crippen LogP contribution is -2.15. The molecule has 0 fully saturated rings. The largest absolute Gasteiger partial charge is 0.358 e. The molecule has 7 nitrogen and oxygen atoms in total. The number of carbonyl (C=O) groups is 1. The van der Waals surface area contributed by atoms with Crippen molar-refractivity contribution in [2.45, 2.75) is 13.3 Å². The Kier molecular flexibility index (Phi) is 3.74. The first-order chi connectivity index (χ1) is 12.2. The zero-order valence-electron chi connectivity index (χ0n) is 13.6. The van der Waals surface area contributed by atoms with E-state index in [2.05, 4.69) is 30.5 Å². The number of hydrogen-bond donors (Lipinski definition) is 3. The average molecular weight is 332 g/mol. The molecule has 0 saturated carbocycles. The number of aromatic amines is 2. The lowest BCUT2D eigenvalue weighted by Gasteiger charge is -2.02.